The molecule has 7 heteroatoms. The summed E-state index contributed by atoms with van der Waals surface area (Å²) < 4.78 is 27.8. The van der Waals surface area contributed by atoms with Gasteiger partial charge in [0.1, 0.15) is 0 Å². The monoisotopic (exact) mass is 319 g/mol. The van der Waals surface area contributed by atoms with Crippen LogP contribution in [0.2, 0.25) is 0 Å². The summed E-state index contributed by atoms with van der Waals surface area (Å²) in [6.07, 6.45) is 0.782. The lowest BCUT2D eigenvalue weighted by Crippen LogP contribution is -2.32. The van der Waals surface area contributed by atoms with Crippen LogP contribution in [0.1, 0.15) is 36.2 Å². The van der Waals surface area contributed by atoms with Crippen molar-refractivity contribution in [1.29, 1.82) is 0 Å². The Labute approximate surface area is 123 Å². The molecule has 112 valence electrons. The number of amides is 1. The predicted molar refractivity (Wildman–Crippen MR) is 77.4 cm³/mol. The lowest BCUT2D eigenvalue weighted by Gasteiger charge is -2.13. The van der Waals surface area contributed by atoms with Crippen molar-refractivity contribution in [2.45, 2.75) is 37.8 Å². The number of carbonyl (C=O) groups excluding carboxylic acids is 1. The first kappa shape index (κ1) is 16.9. The van der Waals surface area contributed by atoms with Crippen molar-refractivity contribution < 1.29 is 17.9 Å². The minimum Gasteiger partial charge on any atom is -0.380 e. The molecule has 0 heterocycles. The van der Waals surface area contributed by atoms with Crippen LogP contribution in [0.25, 0.3) is 0 Å². The van der Waals surface area contributed by atoms with Crippen LogP contribution in [0.5, 0.6) is 0 Å². The summed E-state index contributed by atoms with van der Waals surface area (Å²) >= 11 is 0. The lowest BCUT2D eigenvalue weighted by atomic mass is 10.1. The first-order valence-electron chi connectivity index (χ1n) is 6.16. The lowest BCUT2D eigenvalue weighted by molar-refractivity contribution is 0.0938. The fraction of sp³-hybridized carbons (Fsp3) is 0.462. The highest BCUT2D eigenvalue weighted by molar-refractivity contribution is 8.13. The smallest absolute Gasteiger partial charge is 0.261 e. The Kier molecular flexibility index (Phi) is 5.98. The third-order valence-electron chi connectivity index (χ3n) is 2.81. The van der Waals surface area contributed by atoms with Crippen LogP contribution in [-0.4, -0.2) is 27.5 Å². The summed E-state index contributed by atoms with van der Waals surface area (Å²) in [6, 6.07) is 4.25. The van der Waals surface area contributed by atoms with Crippen molar-refractivity contribution in [3.05, 3.63) is 29.3 Å². The molecule has 0 saturated heterocycles. The highest BCUT2D eigenvalue weighted by Crippen LogP contribution is 2.20. The van der Waals surface area contributed by atoms with Crippen molar-refractivity contribution >= 4 is 25.6 Å². The SMILES string of the molecule is CCC(C)NC(=O)c1cc(COC)cc(S(=O)(=O)Cl)c1. The molecule has 1 aromatic carbocycles. The van der Waals surface area contributed by atoms with Gasteiger partial charge in [0.05, 0.1) is 11.5 Å². The van der Waals surface area contributed by atoms with Crippen molar-refractivity contribution in [3.63, 3.8) is 0 Å². The fourth-order valence-corrected chi connectivity index (χ4v) is 2.42. The minimum absolute atomic E-state index is 0.00430. The molecule has 1 atom stereocenters. The van der Waals surface area contributed by atoms with Gasteiger partial charge in [0.2, 0.25) is 0 Å². The molecule has 1 N–H and O–H groups in total. The van der Waals surface area contributed by atoms with Gasteiger partial charge in [-0.2, -0.15) is 0 Å². The summed E-state index contributed by atoms with van der Waals surface area (Å²) in [5.74, 6) is -0.334. The van der Waals surface area contributed by atoms with Crippen LogP contribution < -0.4 is 5.32 Å². The van der Waals surface area contributed by atoms with Gasteiger partial charge < -0.3 is 10.1 Å². The van der Waals surface area contributed by atoms with Gasteiger partial charge in [-0.15, -0.1) is 0 Å². The zero-order valence-electron chi connectivity index (χ0n) is 11.6. The number of hydrogen-bond acceptors (Lipinski definition) is 4. The quantitative estimate of drug-likeness (QED) is 0.816. The van der Waals surface area contributed by atoms with Gasteiger partial charge in [0, 0.05) is 29.4 Å². The van der Waals surface area contributed by atoms with Gasteiger partial charge in [0.15, 0.2) is 0 Å². The predicted octanol–water partition coefficient (Wildman–Crippen LogP) is 2.29. The zero-order valence-corrected chi connectivity index (χ0v) is 13.2. The normalized spacial score (nSPS) is 13.0. The standard InChI is InChI=1S/C13H18ClNO4S/c1-4-9(2)15-13(16)11-5-10(8-19-3)6-12(7-11)20(14,17)18/h5-7,9H,4,8H2,1-3H3,(H,15,16). The fourth-order valence-electron chi connectivity index (χ4n) is 1.59. The van der Waals surface area contributed by atoms with E-state index in [1.54, 1.807) is 6.07 Å². The Bertz CT molecular complexity index is 586. The Morgan fingerprint density at radius 1 is 1.40 bits per heavy atom. The highest BCUT2D eigenvalue weighted by atomic mass is 35.7. The molecule has 1 unspecified atom stereocenters. The number of rotatable bonds is 6. The Hall–Kier alpha value is -1.11. The van der Waals surface area contributed by atoms with Crippen molar-refractivity contribution in [3.8, 4) is 0 Å². The van der Waals surface area contributed by atoms with Crippen LogP contribution in [0.15, 0.2) is 23.1 Å². The van der Waals surface area contributed by atoms with E-state index in [-0.39, 0.29) is 29.0 Å². The van der Waals surface area contributed by atoms with Gasteiger partial charge in [0.25, 0.3) is 15.0 Å². The maximum atomic E-state index is 12.1. The molecular formula is C13H18ClNO4S. The molecule has 0 fully saturated rings. The van der Waals surface area contributed by atoms with Gasteiger partial charge in [-0.1, -0.05) is 6.92 Å². The summed E-state index contributed by atoms with van der Waals surface area (Å²) in [5, 5.41) is 2.78. The molecule has 5 nitrogen and oxygen atoms in total. The highest BCUT2D eigenvalue weighted by Gasteiger charge is 2.16. The van der Waals surface area contributed by atoms with E-state index in [1.165, 1.54) is 19.2 Å². The maximum Gasteiger partial charge on any atom is 0.261 e. The molecule has 0 aliphatic carbocycles. The average molecular weight is 320 g/mol. The van der Waals surface area contributed by atoms with Crippen molar-refractivity contribution in [2.75, 3.05) is 7.11 Å². The summed E-state index contributed by atoms with van der Waals surface area (Å²) in [5.41, 5.74) is 0.822. The molecule has 0 aromatic heterocycles. The third-order valence-corrected chi connectivity index (χ3v) is 4.14. The van der Waals surface area contributed by atoms with E-state index in [2.05, 4.69) is 5.32 Å². The van der Waals surface area contributed by atoms with E-state index >= 15 is 0 Å². The van der Waals surface area contributed by atoms with Gasteiger partial charge >= 0.3 is 0 Å². The van der Waals surface area contributed by atoms with Crippen LogP contribution in [0.3, 0.4) is 0 Å². The number of hydrogen-bond donors (Lipinski definition) is 1. The first-order valence-corrected chi connectivity index (χ1v) is 8.47. The molecule has 1 amide bonds. The Morgan fingerprint density at radius 3 is 2.55 bits per heavy atom. The molecule has 1 rings (SSSR count). The van der Waals surface area contributed by atoms with Crippen LogP contribution in [-0.2, 0) is 20.4 Å². The molecule has 20 heavy (non-hydrogen) atoms. The topological polar surface area (TPSA) is 72.5 Å². The first-order chi connectivity index (χ1) is 9.27. The second-order valence-electron chi connectivity index (χ2n) is 4.52. The molecule has 0 spiro atoms. The molecular weight excluding hydrogens is 302 g/mol. The van der Waals surface area contributed by atoms with Crippen LogP contribution >= 0.6 is 10.7 Å². The van der Waals surface area contributed by atoms with E-state index in [9.17, 15) is 13.2 Å². The molecule has 0 bridgehead atoms. The Balaban J connectivity index is 3.18. The summed E-state index contributed by atoms with van der Waals surface area (Å²) in [4.78, 5) is 12.0. The molecule has 0 saturated carbocycles. The molecule has 0 radical (unpaired) electrons. The maximum absolute atomic E-state index is 12.1. The van der Waals surface area contributed by atoms with E-state index < -0.39 is 9.05 Å². The number of methoxy groups -OCH3 is 1. The van der Waals surface area contributed by atoms with Gasteiger partial charge in [-0.3, -0.25) is 4.79 Å². The molecule has 0 aliphatic rings. The van der Waals surface area contributed by atoms with E-state index in [0.717, 1.165) is 6.42 Å². The molecule has 0 aliphatic heterocycles. The van der Waals surface area contributed by atoms with Gasteiger partial charge in [-0.05, 0) is 37.1 Å². The zero-order chi connectivity index (χ0) is 15.3. The Morgan fingerprint density at radius 2 is 2.05 bits per heavy atom. The number of ether oxygens (including phenoxy) is 1. The van der Waals surface area contributed by atoms with Crippen LogP contribution in [0.4, 0.5) is 0 Å². The molecule has 1 aromatic rings. The average Bonchev–Trinajstić information content (AvgIpc) is 2.37. The summed E-state index contributed by atoms with van der Waals surface area (Å²) in [7, 11) is 2.93. The largest absolute Gasteiger partial charge is 0.380 e. The number of benzene rings is 1. The summed E-state index contributed by atoms with van der Waals surface area (Å²) in [6.45, 7) is 4.01. The van der Waals surface area contributed by atoms with E-state index in [4.69, 9.17) is 15.4 Å². The second kappa shape index (κ2) is 7.06. The van der Waals surface area contributed by atoms with Crippen molar-refractivity contribution in [2.24, 2.45) is 0 Å². The van der Waals surface area contributed by atoms with E-state index in [0.29, 0.717) is 5.56 Å². The van der Waals surface area contributed by atoms with Gasteiger partial charge in [-0.25, -0.2) is 8.42 Å². The van der Waals surface area contributed by atoms with Crippen molar-refractivity contribution in [1.82, 2.24) is 5.32 Å². The number of carbonyl (C=O) groups is 1. The third kappa shape index (κ3) is 4.77. The minimum atomic E-state index is -3.90. The van der Waals surface area contributed by atoms with E-state index in [1.807, 2.05) is 13.8 Å². The number of nitrogens with one attached hydrogen (secondary N) is 1. The second-order valence-corrected chi connectivity index (χ2v) is 7.09. The van der Waals surface area contributed by atoms with Crippen LogP contribution in [0, 0.1) is 0 Å². The number of halogens is 1.